The number of hydrogen-bond acceptors (Lipinski definition) is 5. The molecule has 0 unspecified atom stereocenters. The maximum absolute atomic E-state index is 11.3. The minimum Gasteiger partial charge on any atom is -0.470 e. The van der Waals surface area contributed by atoms with Crippen LogP contribution in [-0.4, -0.2) is 29.6 Å². The summed E-state index contributed by atoms with van der Waals surface area (Å²) in [5.41, 5.74) is 5.97. The number of amides is 1. The molecule has 1 aromatic rings. The van der Waals surface area contributed by atoms with Crippen LogP contribution in [0.15, 0.2) is 12.1 Å². The number of rotatable bonds is 6. The molecule has 112 valence electrons. The predicted molar refractivity (Wildman–Crippen MR) is 80.8 cm³/mol. The van der Waals surface area contributed by atoms with E-state index in [1.165, 1.54) is 0 Å². The number of carbonyl (C=O) groups is 1. The van der Waals surface area contributed by atoms with Gasteiger partial charge in [-0.15, -0.1) is 0 Å². The van der Waals surface area contributed by atoms with Gasteiger partial charge in [0.15, 0.2) is 0 Å². The minimum atomic E-state index is -0.360. The van der Waals surface area contributed by atoms with E-state index in [1.54, 1.807) is 12.1 Å². The molecule has 4 N–H and O–H groups in total. The molecule has 1 heterocycles. The van der Waals surface area contributed by atoms with E-state index < -0.39 is 0 Å². The Balaban J connectivity index is 2.59. The van der Waals surface area contributed by atoms with E-state index in [0.29, 0.717) is 36.9 Å². The first kappa shape index (κ1) is 16.1. The van der Waals surface area contributed by atoms with Crippen LogP contribution in [0, 0.1) is 0 Å². The third-order valence-electron chi connectivity index (χ3n) is 2.32. The lowest BCUT2D eigenvalue weighted by Gasteiger charge is -2.21. The first-order chi connectivity index (χ1) is 9.31. The summed E-state index contributed by atoms with van der Waals surface area (Å²) in [6.45, 7) is 8.85. The Kier molecular flexibility index (Phi) is 5.61. The molecule has 0 atom stereocenters. The standard InChI is InChI=1S/C14H24N4O2/c1-5-16-12(19)8-9-17-11-7-6-10(15)13(18-11)20-14(2,3)4/h6-7H,5,8-9,15H2,1-4H3,(H,16,19)(H,17,18). The fraction of sp³-hybridized carbons (Fsp3) is 0.571. The number of nitrogens with two attached hydrogens (primary N) is 1. The quantitative estimate of drug-likeness (QED) is 0.739. The Labute approximate surface area is 120 Å². The van der Waals surface area contributed by atoms with Crippen LogP contribution in [0.2, 0.25) is 0 Å². The van der Waals surface area contributed by atoms with Crippen molar-refractivity contribution >= 4 is 17.4 Å². The number of nitrogens with zero attached hydrogens (tertiary/aromatic N) is 1. The lowest BCUT2D eigenvalue weighted by molar-refractivity contribution is -0.120. The van der Waals surface area contributed by atoms with Gasteiger partial charge in [0.2, 0.25) is 11.8 Å². The molecule has 0 saturated heterocycles. The SMILES string of the molecule is CCNC(=O)CCNc1ccc(N)c(OC(C)(C)C)n1. The van der Waals surface area contributed by atoms with Crippen LogP contribution < -0.4 is 21.1 Å². The molecule has 0 aliphatic heterocycles. The maximum Gasteiger partial charge on any atom is 0.239 e. The first-order valence-electron chi connectivity index (χ1n) is 6.78. The monoisotopic (exact) mass is 280 g/mol. The number of ether oxygens (including phenoxy) is 1. The van der Waals surface area contributed by atoms with E-state index >= 15 is 0 Å². The van der Waals surface area contributed by atoms with Gasteiger partial charge < -0.3 is 21.1 Å². The van der Waals surface area contributed by atoms with Gasteiger partial charge in [-0.25, -0.2) is 0 Å². The summed E-state index contributed by atoms with van der Waals surface area (Å²) in [4.78, 5) is 15.6. The van der Waals surface area contributed by atoms with Crippen LogP contribution in [0.1, 0.15) is 34.1 Å². The van der Waals surface area contributed by atoms with Crippen molar-refractivity contribution in [3.63, 3.8) is 0 Å². The summed E-state index contributed by atoms with van der Waals surface area (Å²) < 4.78 is 5.68. The van der Waals surface area contributed by atoms with Crippen LogP contribution in [-0.2, 0) is 4.79 Å². The third-order valence-corrected chi connectivity index (χ3v) is 2.32. The van der Waals surface area contributed by atoms with Gasteiger partial charge >= 0.3 is 0 Å². The Morgan fingerprint density at radius 2 is 2.10 bits per heavy atom. The van der Waals surface area contributed by atoms with Crippen molar-refractivity contribution in [1.82, 2.24) is 10.3 Å². The van der Waals surface area contributed by atoms with E-state index in [1.807, 2.05) is 27.7 Å². The average molecular weight is 280 g/mol. The van der Waals surface area contributed by atoms with Crippen molar-refractivity contribution in [2.45, 2.75) is 39.7 Å². The molecule has 0 aliphatic rings. The molecule has 6 heteroatoms. The van der Waals surface area contributed by atoms with E-state index in [0.717, 1.165) is 0 Å². The van der Waals surface area contributed by atoms with E-state index in [2.05, 4.69) is 15.6 Å². The van der Waals surface area contributed by atoms with E-state index in [9.17, 15) is 4.79 Å². The van der Waals surface area contributed by atoms with Gasteiger partial charge in [-0.3, -0.25) is 4.79 Å². The summed E-state index contributed by atoms with van der Waals surface area (Å²) in [6, 6.07) is 3.51. The van der Waals surface area contributed by atoms with Gasteiger partial charge in [-0.1, -0.05) is 0 Å². The topological polar surface area (TPSA) is 89.3 Å². The summed E-state index contributed by atoms with van der Waals surface area (Å²) in [7, 11) is 0. The highest BCUT2D eigenvalue weighted by molar-refractivity contribution is 5.76. The molecule has 0 aromatic carbocycles. The van der Waals surface area contributed by atoms with E-state index in [-0.39, 0.29) is 11.5 Å². The molecule has 1 aromatic heterocycles. The van der Waals surface area contributed by atoms with E-state index in [4.69, 9.17) is 10.5 Å². The Hall–Kier alpha value is -1.98. The summed E-state index contributed by atoms with van der Waals surface area (Å²) in [5.74, 6) is 1.06. The van der Waals surface area contributed by atoms with Crippen molar-refractivity contribution in [1.29, 1.82) is 0 Å². The molecule has 0 saturated carbocycles. The lowest BCUT2D eigenvalue weighted by atomic mass is 10.2. The number of pyridine rings is 1. The van der Waals surface area contributed by atoms with Gasteiger partial charge in [0, 0.05) is 19.5 Å². The molecule has 1 rings (SSSR count). The molecule has 6 nitrogen and oxygen atoms in total. The van der Waals surface area contributed by atoms with Crippen molar-refractivity contribution < 1.29 is 9.53 Å². The lowest BCUT2D eigenvalue weighted by Crippen LogP contribution is -2.25. The Bertz CT molecular complexity index is 455. The van der Waals surface area contributed by atoms with Gasteiger partial charge in [0.05, 0.1) is 5.69 Å². The number of nitrogen functional groups attached to an aromatic ring is 1. The molecule has 0 aliphatic carbocycles. The summed E-state index contributed by atoms with van der Waals surface area (Å²) >= 11 is 0. The number of nitrogens with one attached hydrogen (secondary N) is 2. The highest BCUT2D eigenvalue weighted by Gasteiger charge is 2.15. The van der Waals surface area contributed by atoms with Crippen LogP contribution in [0.3, 0.4) is 0 Å². The smallest absolute Gasteiger partial charge is 0.239 e. The third kappa shape index (κ3) is 5.77. The van der Waals surface area contributed by atoms with Crippen LogP contribution in [0.25, 0.3) is 0 Å². The number of carbonyl (C=O) groups excluding carboxylic acids is 1. The molecular formula is C14H24N4O2. The molecule has 0 bridgehead atoms. The molecule has 0 spiro atoms. The Morgan fingerprint density at radius 1 is 1.40 bits per heavy atom. The predicted octanol–water partition coefficient (Wildman–Crippen LogP) is 1.78. The second-order valence-electron chi connectivity index (χ2n) is 5.44. The first-order valence-corrected chi connectivity index (χ1v) is 6.78. The fourth-order valence-corrected chi connectivity index (χ4v) is 1.51. The normalized spacial score (nSPS) is 11.0. The summed E-state index contributed by atoms with van der Waals surface area (Å²) in [5, 5.41) is 5.82. The Morgan fingerprint density at radius 3 is 2.70 bits per heavy atom. The molecule has 0 radical (unpaired) electrons. The van der Waals surface area contributed by atoms with Gasteiger partial charge in [0.25, 0.3) is 0 Å². The number of aromatic nitrogens is 1. The number of hydrogen-bond donors (Lipinski definition) is 3. The van der Waals surface area contributed by atoms with Gasteiger partial charge in [0.1, 0.15) is 11.4 Å². The van der Waals surface area contributed by atoms with Crippen LogP contribution >= 0.6 is 0 Å². The van der Waals surface area contributed by atoms with Gasteiger partial charge in [-0.05, 0) is 39.8 Å². The average Bonchev–Trinajstić information content (AvgIpc) is 2.32. The maximum atomic E-state index is 11.3. The van der Waals surface area contributed by atoms with Crippen LogP contribution in [0.5, 0.6) is 5.88 Å². The van der Waals surface area contributed by atoms with Crippen molar-refractivity contribution in [2.24, 2.45) is 0 Å². The molecule has 0 fully saturated rings. The zero-order chi connectivity index (χ0) is 15.2. The molecule has 1 amide bonds. The fourth-order valence-electron chi connectivity index (χ4n) is 1.51. The highest BCUT2D eigenvalue weighted by Crippen LogP contribution is 2.24. The molecule has 20 heavy (non-hydrogen) atoms. The largest absolute Gasteiger partial charge is 0.470 e. The second-order valence-corrected chi connectivity index (χ2v) is 5.44. The second kappa shape index (κ2) is 6.98. The molecular weight excluding hydrogens is 256 g/mol. The van der Waals surface area contributed by atoms with Gasteiger partial charge in [-0.2, -0.15) is 4.98 Å². The van der Waals surface area contributed by atoms with Crippen LogP contribution in [0.4, 0.5) is 11.5 Å². The van der Waals surface area contributed by atoms with Crippen molar-refractivity contribution in [3.8, 4) is 5.88 Å². The van der Waals surface area contributed by atoms with Crippen molar-refractivity contribution in [2.75, 3.05) is 24.1 Å². The highest BCUT2D eigenvalue weighted by atomic mass is 16.5. The van der Waals surface area contributed by atoms with Crippen molar-refractivity contribution in [3.05, 3.63) is 12.1 Å². The number of anilines is 2. The zero-order valence-electron chi connectivity index (χ0n) is 12.6. The minimum absolute atomic E-state index is 0.0154. The zero-order valence-corrected chi connectivity index (χ0v) is 12.6. The summed E-state index contributed by atoms with van der Waals surface area (Å²) in [6.07, 6.45) is 0.398.